The second-order valence-corrected chi connectivity index (χ2v) is 1.47. The molecule has 0 fully saturated rings. The quantitative estimate of drug-likeness (QED) is 0.272. The third-order valence-electron chi connectivity index (χ3n) is 0.627. The summed E-state index contributed by atoms with van der Waals surface area (Å²) in [6.45, 7) is 0. The smallest absolute Gasteiger partial charge is 0.436 e. The van der Waals surface area contributed by atoms with Gasteiger partial charge in [0.2, 0.25) is 0 Å². The lowest BCUT2D eigenvalue weighted by molar-refractivity contribution is 0.0312. The molecule has 0 aromatic carbocycles. The first-order valence-electron chi connectivity index (χ1n) is 2.00. The average Bonchev–Trinajstić information content (AvgIpc) is 1.64. The van der Waals surface area contributed by atoms with Gasteiger partial charge in [-0.25, -0.2) is 15.6 Å². The van der Waals surface area contributed by atoms with Gasteiger partial charge >= 0.3 is 6.09 Å². The Morgan fingerprint density at radius 2 is 2.00 bits per heavy atom. The van der Waals surface area contributed by atoms with E-state index in [1.807, 2.05) is 0 Å². The van der Waals surface area contributed by atoms with Crippen LogP contribution in [0.4, 0.5) is 4.79 Å². The molecule has 1 amide bonds. The molecule has 8 heavy (non-hydrogen) atoms. The molecule has 0 aromatic heterocycles. The van der Waals surface area contributed by atoms with Crippen molar-refractivity contribution in [3.8, 4) is 0 Å². The minimum atomic E-state index is -1.17. The standard InChI is InChI=1S/C3H9N3O2/c1-5(2)6(4)3(7)8/h4H2,1-2H3,(H,7,8). The molecule has 0 saturated carbocycles. The lowest BCUT2D eigenvalue weighted by Crippen LogP contribution is -2.46. The van der Waals surface area contributed by atoms with Gasteiger partial charge in [-0.2, -0.15) is 5.12 Å². The van der Waals surface area contributed by atoms with Gasteiger partial charge in [0, 0.05) is 14.1 Å². The van der Waals surface area contributed by atoms with Crippen molar-refractivity contribution in [2.75, 3.05) is 14.1 Å². The molecular weight excluding hydrogens is 110 g/mol. The lowest BCUT2D eigenvalue weighted by Gasteiger charge is -2.18. The molecule has 0 rings (SSSR count). The first-order chi connectivity index (χ1) is 3.55. The predicted octanol–water partition coefficient (Wildman–Crippen LogP) is -0.683. The minimum Gasteiger partial charge on any atom is -0.463 e. The van der Waals surface area contributed by atoms with Gasteiger partial charge in [-0.05, 0) is 0 Å². The fourth-order valence-corrected chi connectivity index (χ4v) is 0.171. The second kappa shape index (κ2) is 2.49. The minimum absolute atomic E-state index is 0.583. The van der Waals surface area contributed by atoms with E-state index in [2.05, 4.69) is 0 Å². The molecule has 0 unspecified atom stereocenters. The molecule has 0 radical (unpaired) electrons. The summed E-state index contributed by atoms with van der Waals surface area (Å²) < 4.78 is 0. The van der Waals surface area contributed by atoms with Gasteiger partial charge in [0.1, 0.15) is 0 Å². The Kier molecular flexibility index (Phi) is 2.23. The van der Waals surface area contributed by atoms with Crippen molar-refractivity contribution in [2.45, 2.75) is 0 Å². The Morgan fingerprint density at radius 1 is 1.62 bits per heavy atom. The van der Waals surface area contributed by atoms with Crippen molar-refractivity contribution in [3.05, 3.63) is 0 Å². The van der Waals surface area contributed by atoms with Crippen LogP contribution in [-0.4, -0.2) is 35.4 Å². The number of hydrazine groups is 2. The van der Waals surface area contributed by atoms with Gasteiger partial charge in [-0.1, -0.05) is 0 Å². The van der Waals surface area contributed by atoms with Crippen LogP contribution in [0, 0.1) is 0 Å². The van der Waals surface area contributed by atoms with E-state index in [1.165, 1.54) is 19.1 Å². The molecule has 0 bridgehead atoms. The topological polar surface area (TPSA) is 69.8 Å². The molecule has 0 spiro atoms. The fraction of sp³-hybridized carbons (Fsp3) is 0.667. The maximum Gasteiger partial charge on any atom is 0.436 e. The number of rotatable bonds is 1. The van der Waals surface area contributed by atoms with Crippen molar-refractivity contribution in [2.24, 2.45) is 5.84 Å². The summed E-state index contributed by atoms with van der Waals surface area (Å²) in [7, 11) is 3.07. The number of nitrogens with zero attached hydrogens (tertiary/aromatic N) is 2. The molecular formula is C3H9N3O2. The van der Waals surface area contributed by atoms with Gasteiger partial charge in [0.25, 0.3) is 0 Å². The van der Waals surface area contributed by atoms with Crippen molar-refractivity contribution in [1.29, 1.82) is 0 Å². The van der Waals surface area contributed by atoms with Crippen LogP contribution in [0.1, 0.15) is 0 Å². The number of carbonyl (C=O) groups is 1. The van der Waals surface area contributed by atoms with Crippen LogP contribution in [-0.2, 0) is 0 Å². The summed E-state index contributed by atoms with van der Waals surface area (Å²) in [6, 6.07) is 0. The van der Waals surface area contributed by atoms with E-state index in [9.17, 15) is 4.79 Å². The molecule has 0 aliphatic heterocycles. The Bertz CT molecular complexity index is 92.5. The van der Waals surface area contributed by atoms with E-state index >= 15 is 0 Å². The van der Waals surface area contributed by atoms with E-state index in [0.717, 1.165) is 0 Å². The van der Waals surface area contributed by atoms with Gasteiger partial charge in [-0.3, -0.25) is 0 Å². The van der Waals surface area contributed by atoms with Crippen LogP contribution >= 0.6 is 0 Å². The number of nitrogens with two attached hydrogens (primary N) is 1. The first-order valence-corrected chi connectivity index (χ1v) is 2.00. The molecule has 0 aromatic rings. The predicted molar refractivity (Wildman–Crippen MR) is 27.7 cm³/mol. The van der Waals surface area contributed by atoms with Crippen LogP contribution in [0.15, 0.2) is 0 Å². The summed E-state index contributed by atoms with van der Waals surface area (Å²) in [4.78, 5) is 9.90. The zero-order valence-corrected chi connectivity index (χ0v) is 4.83. The summed E-state index contributed by atoms with van der Waals surface area (Å²) in [5.74, 6) is 4.92. The van der Waals surface area contributed by atoms with Crippen molar-refractivity contribution in [1.82, 2.24) is 10.1 Å². The summed E-state index contributed by atoms with van der Waals surface area (Å²) in [5, 5.41) is 9.95. The van der Waals surface area contributed by atoms with Crippen LogP contribution in [0.2, 0.25) is 0 Å². The van der Waals surface area contributed by atoms with Crippen LogP contribution in [0.5, 0.6) is 0 Å². The maximum absolute atomic E-state index is 9.90. The zero-order valence-electron chi connectivity index (χ0n) is 4.83. The van der Waals surface area contributed by atoms with E-state index in [0.29, 0.717) is 5.12 Å². The van der Waals surface area contributed by atoms with Crippen molar-refractivity contribution < 1.29 is 9.90 Å². The SMILES string of the molecule is CN(C)N(N)C(=O)O. The molecule has 3 N–H and O–H groups in total. The van der Waals surface area contributed by atoms with E-state index in [1.54, 1.807) is 0 Å². The fourth-order valence-electron chi connectivity index (χ4n) is 0.171. The Morgan fingerprint density at radius 3 is 2.00 bits per heavy atom. The Labute approximate surface area is 47.2 Å². The average molecular weight is 119 g/mol. The highest BCUT2D eigenvalue weighted by Gasteiger charge is 2.05. The third kappa shape index (κ3) is 1.76. The third-order valence-corrected chi connectivity index (χ3v) is 0.627. The normalized spacial score (nSPS) is 9.50. The monoisotopic (exact) mass is 119 g/mol. The largest absolute Gasteiger partial charge is 0.463 e. The molecule has 5 heteroatoms. The van der Waals surface area contributed by atoms with Gasteiger partial charge in [0.15, 0.2) is 0 Å². The second-order valence-electron chi connectivity index (χ2n) is 1.47. The zero-order chi connectivity index (χ0) is 6.73. The molecule has 48 valence electrons. The number of carboxylic acid groups (broad SMARTS) is 1. The van der Waals surface area contributed by atoms with Gasteiger partial charge in [-0.15, -0.1) is 0 Å². The summed E-state index contributed by atoms with van der Waals surface area (Å²) in [5.41, 5.74) is 0. The van der Waals surface area contributed by atoms with Crippen molar-refractivity contribution >= 4 is 6.09 Å². The number of hydrogen-bond acceptors (Lipinski definition) is 3. The van der Waals surface area contributed by atoms with Crippen LogP contribution in [0.25, 0.3) is 0 Å². The van der Waals surface area contributed by atoms with Gasteiger partial charge in [0.05, 0.1) is 0 Å². The van der Waals surface area contributed by atoms with E-state index in [-0.39, 0.29) is 0 Å². The summed E-state index contributed by atoms with van der Waals surface area (Å²) in [6.07, 6.45) is -1.17. The molecule has 0 aliphatic carbocycles. The maximum atomic E-state index is 9.90. The number of amides is 1. The van der Waals surface area contributed by atoms with Crippen LogP contribution in [0.3, 0.4) is 0 Å². The lowest BCUT2D eigenvalue weighted by atomic mass is 11.0. The Balaban J connectivity index is 3.64. The number of hydrogen-bond donors (Lipinski definition) is 2. The Hall–Kier alpha value is -0.810. The molecule has 0 atom stereocenters. The van der Waals surface area contributed by atoms with Crippen molar-refractivity contribution in [3.63, 3.8) is 0 Å². The highest BCUT2D eigenvalue weighted by Crippen LogP contribution is 1.79. The molecule has 0 aliphatic rings. The first kappa shape index (κ1) is 7.19. The summed E-state index contributed by atoms with van der Waals surface area (Å²) >= 11 is 0. The molecule has 0 heterocycles. The highest BCUT2D eigenvalue weighted by molar-refractivity contribution is 5.63. The molecule has 5 nitrogen and oxygen atoms in total. The van der Waals surface area contributed by atoms with Gasteiger partial charge < -0.3 is 5.11 Å². The van der Waals surface area contributed by atoms with E-state index < -0.39 is 6.09 Å². The molecule has 0 saturated heterocycles. The van der Waals surface area contributed by atoms with E-state index in [4.69, 9.17) is 10.9 Å². The van der Waals surface area contributed by atoms with Crippen LogP contribution < -0.4 is 5.84 Å². The highest BCUT2D eigenvalue weighted by atomic mass is 16.4.